The molecule has 0 aliphatic rings. The molecule has 29 heavy (non-hydrogen) atoms. The zero-order valence-electron chi connectivity index (χ0n) is 16.5. The van der Waals surface area contributed by atoms with Crippen molar-refractivity contribution in [1.82, 2.24) is 0 Å². The third kappa shape index (κ3) is 5.93. The van der Waals surface area contributed by atoms with Gasteiger partial charge in [0.1, 0.15) is 11.5 Å². The van der Waals surface area contributed by atoms with Crippen LogP contribution in [0.15, 0.2) is 47.4 Å². The molecule has 0 fully saturated rings. The lowest BCUT2D eigenvalue weighted by Gasteiger charge is -2.18. The highest BCUT2D eigenvalue weighted by atomic mass is 32.2. The summed E-state index contributed by atoms with van der Waals surface area (Å²) in [5.74, 6) is -0.173. The molecule has 0 saturated carbocycles. The van der Waals surface area contributed by atoms with Crippen molar-refractivity contribution >= 4 is 21.4 Å². The van der Waals surface area contributed by atoms with Gasteiger partial charge in [0, 0.05) is 18.7 Å². The number of amides is 1. The Morgan fingerprint density at radius 3 is 2.34 bits per heavy atom. The molecule has 0 bridgehead atoms. The minimum absolute atomic E-state index is 0.0784. The van der Waals surface area contributed by atoms with E-state index in [0.717, 1.165) is 0 Å². The Labute approximate surface area is 170 Å². The zero-order valence-corrected chi connectivity index (χ0v) is 17.4. The van der Waals surface area contributed by atoms with Crippen LogP contribution in [0.25, 0.3) is 0 Å². The molecular formula is C20H25NO7S. The van der Waals surface area contributed by atoms with Crippen molar-refractivity contribution in [3.63, 3.8) is 0 Å². The largest absolute Gasteiger partial charge is 0.497 e. The Morgan fingerprint density at radius 2 is 1.79 bits per heavy atom. The van der Waals surface area contributed by atoms with E-state index in [1.54, 1.807) is 24.3 Å². The second kappa shape index (κ2) is 10.2. The topological polar surface area (TPSA) is 111 Å². The summed E-state index contributed by atoms with van der Waals surface area (Å²) in [6, 6.07) is 11.2. The molecule has 0 aromatic heterocycles. The first kappa shape index (κ1) is 22.7. The molecule has 1 amide bonds. The number of rotatable bonds is 10. The van der Waals surface area contributed by atoms with Crippen molar-refractivity contribution in [2.24, 2.45) is 0 Å². The minimum Gasteiger partial charge on any atom is -0.497 e. The van der Waals surface area contributed by atoms with Crippen LogP contribution in [-0.2, 0) is 25.1 Å². The number of aliphatic hydroxyl groups excluding tert-OH is 1. The summed E-state index contributed by atoms with van der Waals surface area (Å²) in [6.45, 7) is -0.306. The molecule has 0 saturated heterocycles. The summed E-state index contributed by atoms with van der Waals surface area (Å²) >= 11 is 0. The molecule has 0 spiro atoms. The van der Waals surface area contributed by atoms with Gasteiger partial charge >= 0.3 is 0 Å². The number of nitrogens with one attached hydrogen (secondary N) is 1. The van der Waals surface area contributed by atoms with Crippen LogP contribution >= 0.6 is 0 Å². The SMILES string of the molecule is COc1cc(CS(=O)(=O)c2ccccc2)c(OC)c(NC(=O)C[C@H](CO)OC)c1. The fourth-order valence-electron chi connectivity index (χ4n) is 2.77. The highest BCUT2D eigenvalue weighted by molar-refractivity contribution is 7.90. The van der Waals surface area contributed by atoms with Gasteiger partial charge in [-0.15, -0.1) is 0 Å². The van der Waals surface area contributed by atoms with Gasteiger partial charge in [0.15, 0.2) is 9.84 Å². The van der Waals surface area contributed by atoms with Gasteiger partial charge in [-0.25, -0.2) is 8.42 Å². The number of carbonyl (C=O) groups excluding carboxylic acids is 1. The summed E-state index contributed by atoms with van der Waals surface area (Å²) in [6.07, 6.45) is -0.727. The van der Waals surface area contributed by atoms with E-state index in [-0.39, 0.29) is 35.1 Å². The predicted molar refractivity (Wildman–Crippen MR) is 108 cm³/mol. The van der Waals surface area contributed by atoms with Crippen LogP contribution in [0.3, 0.4) is 0 Å². The number of benzene rings is 2. The summed E-state index contributed by atoms with van der Waals surface area (Å²) in [5, 5.41) is 11.9. The molecule has 1 atom stereocenters. The first-order chi connectivity index (χ1) is 13.8. The number of hydrogen-bond acceptors (Lipinski definition) is 7. The van der Waals surface area contributed by atoms with E-state index in [1.165, 1.54) is 39.5 Å². The van der Waals surface area contributed by atoms with Crippen molar-refractivity contribution in [3.05, 3.63) is 48.0 Å². The fourth-order valence-corrected chi connectivity index (χ4v) is 4.13. The van der Waals surface area contributed by atoms with Crippen LogP contribution in [-0.4, -0.2) is 53.5 Å². The maximum atomic E-state index is 12.8. The quantitative estimate of drug-likeness (QED) is 0.601. The Bertz CT molecular complexity index is 925. The summed E-state index contributed by atoms with van der Waals surface area (Å²) in [4.78, 5) is 12.5. The van der Waals surface area contributed by atoms with Gasteiger partial charge < -0.3 is 24.6 Å². The molecule has 0 radical (unpaired) electrons. The first-order valence-electron chi connectivity index (χ1n) is 8.80. The van der Waals surface area contributed by atoms with E-state index in [2.05, 4.69) is 5.32 Å². The Kier molecular flexibility index (Phi) is 8.00. The second-order valence-corrected chi connectivity index (χ2v) is 8.22. The Hall–Kier alpha value is -2.62. The van der Waals surface area contributed by atoms with E-state index in [4.69, 9.17) is 14.2 Å². The van der Waals surface area contributed by atoms with Gasteiger partial charge in [-0.1, -0.05) is 18.2 Å². The molecule has 158 valence electrons. The average molecular weight is 423 g/mol. The Morgan fingerprint density at radius 1 is 1.10 bits per heavy atom. The Balaban J connectivity index is 2.38. The third-order valence-corrected chi connectivity index (χ3v) is 5.93. The average Bonchev–Trinajstić information content (AvgIpc) is 2.72. The molecule has 2 aromatic carbocycles. The number of carbonyl (C=O) groups is 1. The van der Waals surface area contributed by atoms with Gasteiger partial charge in [-0.2, -0.15) is 0 Å². The summed E-state index contributed by atoms with van der Waals surface area (Å²) in [7, 11) is 0.582. The monoisotopic (exact) mass is 423 g/mol. The number of aliphatic hydroxyl groups is 1. The molecule has 0 aliphatic carbocycles. The summed E-state index contributed by atoms with van der Waals surface area (Å²) in [5.41, 5.74) is 0.611. The zero-order chi connectivity index (χ0) is 21.4. The minimum atomic E-state index is -3.64. The normalized spacial score (nSPS) is 12.3. The fraction of sp³-hybridized carbons (Fsp3) is 0.350. The number of anilines is 1. The molecule has 0 heterocycles. The highest BCUT2D eigenvalue weighted by Gasteiger charge is 2.22. The maximum Gasteiger partial charge on any atom is 0.227 e. The lowest BCUT2D eigenvalue weighted by Crippen LogP contribution is -2.24. The van der Waals surface area contributed by atoms with Gasteiger partial charge in [0.05, 0.1) is 49.7 Å². The molecule has 0 aliphatic heterocycles. The van der Waals surface area contributed by atoms with Crippen LogP contribution in [0.1, 0.15) is 12.0 Å². The van der Waals surface area contributed by atoms with Crippen LogP contribution in [0, 0.1) is 0 Å². The first-order valence-corrected chi connectivity index (χ1v) is 10.5. The van der Waals surface area contributed by atoms with Crippen LogP contribution < -0.4 is 14.8 Å². The molecule has 8 nitrogen and oxygen atoms in total. The van der Waals surface area contributed by atoms with Crippen molar-refractivity contribution in [2.75, 3.05) is 33.3 Å². The maximum absolute atomic E-state index is 12.8. The van der Waals surface area contributed by atoms with Crippen molar-refractivity contribution in [3.8, 4) is 11.5 Å². The highest BCUT2D eigenvalue weighted by Crippen LogP contribution is 2.36. The van der Waals surface area contributed by atoms with Gasteiger partial charge in [0.2, 0.25) is 5.91 Å². The van der Waals surface area contributed by atoms with Gasteiger partial charge in [0.25, 0.3) is 0 Å². The van der Waals surface area contributed by atoms with E-state index < -0.39 is 21.8 Å². The lowest BCUT2D eigenvalue weighted by molar-refractivity contribution is -0.119. The molecule has 2 N–H and O–H groups in total. The van der Waals surface area contributed by atoms with Crippen molar-refractivity contribution in [1.29, 1.82) is 0 Å². The third-order valence-electron chi connectivity index (χ3n) is 4.25. The van der Waals surface area contributed by atoms with Crippen LogP contribution in [0.4, 0.5) is 5.69 Å². The molecule has 0 unspecified atom stereocenters. The van der Waals surface area contributed by atoms with E-state index in [9.17, 15) is 18.3 Å². The van der Waals surface area contributed by atoms with Gasteiger partial charge in [-0.05, 0) is 18.2 Å². The number of sulfone groups is 1. The van der Waals surface area contributed by atoms with E-state index in [0.29, 0.717) is 11.3 Å². The smallest absolute Gasteiger partial charge is 0.227 e. The second-order valence-electron chi connectivity index (χ2n) is 6.23. The molecule has 2 aromatic rings. The molecular weight excluding hydrogens is 398 g/mol. The number of ether oxygens (including phenoxy) is 3. The summed E-state index contributed by atoms with van der Waals surface area (Å²) < 4.78 is 41.3. The number of hydrogen-bond donors (Lipinski definition) is 2. The predicted octanol–water partition coefficient (Wildman–Crippen LogP) is 2.01. The molecule has 2 rings (SSSR count). The van der Waals surface area contributed by atoms with E-state index >= 15 is 0 Å². The lowest BCUT2D eigenvalue weighted by atomic mass is 10.1. The van der Waals surface area contributed by atoms with Crippen LogP contribution in [0.2, 0.25) is 0 Å². The molecule has 9 heteroatoms. The van der Waals surface area contributed by atoms with Crippen molar-refractivity contribution < 1.29 is 32.5 Å². The van der Waals surface area contributed by atoms with E-state index in [1.807, 2.05) is 0 Å². The number of methoxy groups -OCH3 is 3. The van der Waals surface area contributed by atoms with Crippen LogP contribution in [0.5, 0.6) is 11.5 Å². The van der Waals surface area contributed by atoms with Gasteiger partial charge in [-0.3, -0.25) is 4.79 Å². The standard InChI is InChI=1S/C20H25NO7S/c1-26-15-9-14(13-29(24,25)17-7-5-4-6-8-17)20(28-3)18(10-15)21-19(23)11-16(12-22)27-2/h4-10,16,22H,11-13H2,1-3H3,(H,21,23)/t16-/m1/s1. The van der Waals surface area contributed by atoms with Crippen molar-refractivity contribution in [2.45, 2.75) is 23.2 Å².